The van der Waals surface area contributed by atoms with Crippen molar-refractivity contribution in [3.63, 3.8) is 0 Å². The van der Waals surface area contributed by atoms with E-state index in [2.05, 4.69) is 11.1 Å². The Labute approximate surface area is 206 Å². The van der Waals surface area contributed by atoms with Gasteiger partial charge in [-0.05, 0) is 6.42 Å². The molecular weight excluding hydrogens is 423 g/mol. The van der Waals surface area contributed by atoms with Crippen molar-refractivity contribution < 1.29 is 66.4 Å². The molecule has 0 aromatic carbocycles. The molecule has 0 saturated heterocycles. The van der Waals surface area contributed by atoms with Crippen LogP contribution in [0.5, 0.6) is 0 Å². The van der Waals surface area contributed by atoms with Crippen LogP contribution in [0.3, 0.4) is 0 Å². The number of hydrogen-bond acceptors (Lipinski definition) is 8. The van der Waals surface area contributed by atoms with Gasteiger partial charge in [-0.15, -0.1) is 0 Å². The third-order valence-electron chi connectivity index (χ3n) is 4.07. The molecule has 0 aliphatic heterocycles. The molecule has 0 atom stereocenters. The molecule has 0 aliphatic rings. The van der Waals surface area contributed by atoms with E-state index < -0.39 is 10.4 Å². The Morgan fingerprint density at radius 3 is 1.33 bits per heavy atom. The first-order valence-corrected chi connectivity index (χ1v) is 12.3. The van der Waals surface area contributed by atoms with Gasteiger partial charge in [-0.2, -0.15) is 0 Å². The molecule has 0 unspecified atom stereocenters. The second-order valence-corrected chi connectivity index (χ2v) is 7.84. The molecule has 0 fully saturated rings. The number of aliphatic hydroxyl groups excluding tert-OH is 2. The van der Waals surface area contributed by atoms with Crippen LogP contribution in [0.2, 0.25) is 0 Å². The molecule has 30 heavy (non-hydrogen) atoms. The van der Waals surface area contributed by atoms with Crippen LogP contribution in [0.4, 0.5) is 0 Å². The van der Waals surface area contributed by atoms with Gasteiger partial charge in [-0.3, -0.25) is 4.18 Å². The third-order valence-corrected chi connectivity index (χ3v) is 4.52. The molecule has 0 aliphatic carbocycles. The van der Waals surface area contributed by atoms with E-state index in [0.29, 0.717) is 32.8 Å². The zero-order chi connectivity index (χ0) is 22.1. The van der Waals surface area contributed by atoms with E-state index in [1.807, 2.05) is 0 Å². The zero-order valence-electron chi connectivity index (χ0n) is 19.2. The Hall–Kier alpha value is 0.710. The van der Waals surface area contributed by atoms with Crippen LogP contribution in [-0.4, -0.2) is 69.4 Å². The summed E-state index contributed by atoms with van der Waals surface area (Å²) in [7, 11) is -4.49. The van der Waals surface area contributed by atoms with Crippen molar-refractivity contribution in [1.29, 1.82) is 0 Å². The second-order valence-electron chi connectivity index (χ2n) is 6.79. The van der Waals surface area contributed by atoms with Gasteiger partial charge in [0.05, 0.1) is 46.2 Å². The Morgan fingerprint density at radius 1 is 0.633 bits per heavy atom. The largest absolute Gasteiger partial charge is 1.00 e. The summed E-state index contributed by atoms with van der Waals surface area (Å²) >= 11 is 0. The van der Waals surface area contributed by atoms with E-state index in [1.165, 1.54) is 57.8 Å². The van der Waals surface area contributed by atoms with Crippen LogP contribution in [0, 0.1) is 0 Å². The SMILES string of the molecule is CCCCCCCCCCCCCCOS(=O)(=O)[O-].OCCOCCOCCO.[Na+]. The Bertz CT molecular complexity index is 388. The predicted molar refractivity (Wildman–Crippen MR) is 113 cm³/mol. The van der Waals surface area contributed by atoms with Gasteiger partial charge in [0.15, 0.2) is 0 Å². The molecule has 8 nitrogen and oxygen atoms in total. The molecule has 2 N–H and O–H groups in total. The fraction of sp³-hybridized carbons (Fsp3) is 1.00. The van der Waals surface area contributed by atoms with E-state index in [-0.39, 0.29) is 49.4 Å². The smallest absolute Gasteiger partial charge is 0.726 e. The van der Waals surface area contributed by atoms with Crippen LogP contribution < -0.4 is 29.6 Å². The quantitative estimate of drug-likeness (QED) is 0.106. The van der Waals surface area contributed by atoms with E-state index in [1.54, 1.807) is 0 Å². The third kappa shape index (κ3) is 39.2. The molecular formula is C20H43NaO8S. The van der Waals surface area contributed by atoms with Crippen molar-refractivity contribution >= 4 is 10.4 Å². The Kier molecular flexibility index (Phi) is 35.0. The topological polar surface area (TPSA) is 125 Å². The van der Waals surface area contributed by atoms with Gasteiger partial charge in [0.25, 0.3) is 0 Å². The van der Waals surface area contributed by atoms with Gasteiger partial charge < -0.3 is 24.2 Å². The number of aliphatic hydroxyl groups is 2. The first-order chi connectivity index (χ1) is 14.0. The molecule has 0 rings (SSSR count). The van der Waals surface area contributed by atoms with Gasteiger partial charge in [-0.1, -0.05) is 77.6 Å². The summed E-state index contributed by atoms with van der Waals surface area (Å²) in [6, 6.07) is 0. The summed E-state index contributed by atoms with van der Waals surface area (Å²) < 4.78 is 44.3. The summed E-state index contributed by atoms with van der Waals surface area (Å²) in [6.07, 6.45) is 14.5. The zero-order valence-corrected chi connectivity index (χ0v) is 22.0. The minimum atomic E-state index is -4.49. The van der Waals surface area contributed by atoms with Gasteiger partial charge in [0.1, 0.15) is 0 Å². The standard InChI is InChI=1S/C14H30O4S.C6H14O4.Na/c1-2-3-4-5-6-7-8-9-10-11-12-13-14-18-19(15,16)17;7-1-3-9-5-6-10-4-2-8;/h2-14H2,1H3,(H,15,16,17);7-8H,1-6H2;/q;;+1/p-1. The summed E-state index contributed by atoms with van der Waals surface area (Å²) in [4.78, 5) is 0. The van der Waals surface area contributed by atoms with Crippen molar-refractivity contribution in [2.45, 2.75) is 84.0 Å². The molecule has 0 radical (unpaired) electrons. The summed E-state index contributed by atoms with van der Waals surface area (Å²) in [5.41, 5.74) is 0. The van der Waals surface area contributed by atoms with Crippen LogP contribution in [0.15, 0.2) is 0 Å². The first kappa shape index (κ1) is 35.3. The molecule has 0 amide bonds. The molecule has 0 saturated carbocycles. The first-order valence-electron chi connectivity index (χ1n) is 10.9. The van der Waals surface area contributed by atoms with E-state index in [0.717, 1.165) is 12.8 Å². The maximum Gasteiger partial charge on any atom is 1.00 e. The van der Waals surface area contributed by atoms with Crippen LogP contribution >= 0.6 is 0 Å². The van der Waals surface area contributed by atoms with Crippen molar-refractivity contribution in [3.8, 4) is 0 Å². The molecule has 0 aromatic rings. The summed E-state index contributed by atoms with van der Waals surface area (Å²) in [5.74, 6) is 0. The fourth-order valence-electron chi connectivity index (χ4n) is 2.56. The summed E-state index contributed by atoms with van der Waals surface area (Å²) in [5, 5.41) is 16.5. The van der Waals surface area contributed by atoms with Crippen molar-refractivity contribution in [1.82, 2.24) is 0 Å². The van der Waals surface area contributed by atoms with Crippen molar-refractivity contribution in [2.75, 3.05) is 46.2 Å². The maximum atomic E-state index is 10.2. The minimum absolute atomic E-state index is 0. The fourth-order valence-corrected chi connectivity index (χ4v) is 2.88. The van der Waals surface area contributed by atoms with Crippen molar-refractivity contribution in [3.05, 3.63) is 0 Å². The van der Waals surface area contributed by atoms with Crippen LogP contribution in [-0.2, 0) is 24.1 Å². The van der Waals surface area contributed by atoms with E-state index in [4.69, 9.17) is 19.7 Å². The molecule has 178 valence electrons. The van der Waals surface area contributed by atoms with Gasteiger partial charge >= 0.3 is 29.6 Å². The van der Waals surface area contributed by atoms with E-state index >= 15 is 0 Å². The Morgan fingerprint density at radius 2 is 1.00 bits per heavy atom. The molecule has 0 bridgehead atoms. The van der Waals surface area contributed by atoms with Crippen LogP contribution in [0.25, 0.3) is 0 Å². The summed E-state index contributed by atoms with van der Waals surface area (Å²) in [6.45, 7) is 3.99. The molecule has 0 aromatic heterocycles. The Balaban J connectivity index is -0.000000563. The van der Waals surface area contributed by atoms with E-state index in [9.17, 15) is 13.0 Å². The average molecular weight is 467 g/mol. The normalized spacial score (nSPS) is 10.9. The predicted octanol–water partition coefficient (Wildman–Crippen LogP) is 0.173. The molecule has 10 heteroatoms. The average Bonchev–Trinajstić information content (AvgIpc) is 2.68. The van der Waals surface area contributed by atoms with Crippen molar-refractivity contribution in [2.24, 2.45) is 0 Å². The number of unbranched alkanes of at least 4 members (excludes halogenated alkanes) is 11. The number of ether oxygens (including phenoxy) is 2. The maximum absolute atomic E-state index is 10.2. The minimum Gasteiger partial charge on any atom is -0.726 e. The molecule has 0 heterocycles. The molecule has 0 spiro atoms. The van der Waals surface area contributed by atoms with Gasteiger partial charge in [-0.25, -0.2) is 8.42 Å². The number of rotatable bonds is 21. The van der Waals surface area contributed by atoms with Gasteiger partial charge in [0.2, 0.25) is 10.4 Å². The number of hydrogen-bond donors (Lipinski definition) is 2. The van der Waals surface area contributed by atoms with Gasteiger partial charge in [0, 0.05) is 0 Å². The second kappa shape index (κ2) is 29.7. The van der Waals surface area contributed by atoms with Crippen LogP contribution in [0.1, 0.15) is 84.0 Å². The monoisotopic (exact) mass is 466 g/mol.